The second kappa shape index (κ2) is 4.16. The molecule has 2 fully saturated rings. The van der Waals surface area contributed by atoms with Gasteiger partial charge in [0, 0.05) is 19.6 Å². The molecule has 2 aliphatic heterocycles. The first-order valence-corrected chi connectivity index (χ1v) is 6.46. The van der Waals surface area contributed by atoms with E-state index in [-0.39, 0.29) is 11.5 Å². The van der Waals surface area contributed by atoms with Gasteiger partial charge in [-0.05, 0) is 45.1 Å². The smallest absolute Gasteiger partial charge is 0.410 e. The SMILES string of the molecule is CC12CNCC(CN(C(=O)OC(C)(C)C)C1)C2. The van der Waals surface area contributed by atoms with Crippen LogP contribution in [0.25, 0.3) is 0 Å². The molecule has 2 unspecified atom stereocenters. The molecule has 2 saturated heterocycles. The maximum atomic E-state index is 12.1. The zero-order valence-electron chi connectivity index (χ0n) is 11.4. The van der Waals surface area contributed by atoms with Crippen molar-refractivity contribution < 1.29 is 9.53 Å². The zero-order valence-corrected chi connectivity index (χ0v) is 11.4. The van der Waals surface area contributed by atoms with E-state index in [1.54, 1.807) is 0 Å². The standard InChI is InChI=1S/C13H24N2O2/c1-12(2,3)17-11(16)15-7-10-5-13(4,9-15)8-14-6-10/h10,14H,5-9H2,1-4H3. The van der Waals surface area contributed by atoms with Crippen LogP contribution in [0.4, 0.5) is 4.79 Å². The second-order valence-corrected chi connectivity index (χ2v) is 6.87. The van der Waals surface area contributed by atoms with Gasteiger partial charge in [0.25, 0.3) is 0 Å². The number of hydrogen-bond donors (Lipinski definition) is 1. The fourth-order valence-electron chi connectivity index (χ4n) is 2.97. The molecule has 1 N–H and O–H groups in total. The quantitative estimate of drug-likeness (QED) is 0.702. The van der Waals surface area contributed by atoms with E-state index in [1.165, 1.54) is 6.42 Å². The van der Waals surface area contributed by atoms with Gasteiger partial charge in [0.05, 0.1) is 0 Å². The summed E-state index contributed by atoms with van der Waals surface area (Å²) in [6.45, 7) is 11.7. The van der Waals surface area contributed by atoms with Crippen LogP contribution in [0.3, 0.4) is 0 Å². The lowest BCUT2D eigenvalue weighted by Gasteiger charge is -2.48. The van der Waals surface area contributed by atoms with Crippen LogP contribution < -0.4 is 5.32 Å². The molecule has 2 rings (SSSR count). The summed E-state index contributed by atoms with van der Waals surface area (Å²) >= 11 is 0. The molecule has 0 saturated carbocycles. The van der Waals surface area contributed by atoms with Crippen LogP contribution in [0.15, 0.2) is 0 Å². The summed E-state index contributed by atoms with van der Waals surface area (Å²) in [5, 5.41) is 3.46. The normalized spacial score (nSPS) is 33.4. The Morgan fingerprint density at radius 2 is 2.18 bits per heavy atom. The van der Waals surface area contributed by atoms with Gasteiger partial charge in [0.15, 0.2) is 0 Å². The van der Waals surface area contributed by atoms with Gasteiger partial charge in [-0.15, -0.1) is 0 Å². The number of nitrogens with zero attached hydrogens (tertiary/aromatic N) is 1. The first-order chi connectivity index (χ1) is 7.77. The highest BCUT2D eigenvalue weighted by Gasteiger charge is 2.41. The van der Waals surface area contributed by atoms with Crippen LogP contribution >= 0.6 is 0 Å². The van der Waals surface area contributed by atoms with Crippen molar-refractivity contribution >= 4 is 6.09 Å². The van der Waals surface area contributed by atoms with Gasteiger partial charge in [-0.3, -0.25) is 0 Å². The topological polar surface area (TPSA) is 41.6 Å². The summed E-state index contributed by atoms with van der Waals surface area (Å²) in [6.07, 6.45) is 1.06. The van der Waals surface area contributed by atoms with Crippen molar-refractivity contribution in [2.75, 3.05) is 26.2 Å². The highest BCUT2D eigenvalue weighted by atomic mass is 16.6. The van der Waals surface area contributed by atoms with E-state index >= 15 is 0 Å². The van der Waals surface area contributed by atoms with Gasteiger partial charge in [-0.2, -0.15) is 0 Å². The molecule has 4 nitrogen and oxygen atoms in total. The highest BCUT2D eigenvalue weighted by Crippen LogP contribution is 2.35. The largest absolute Gasteiger partial charge is 0.444 e. The summed E-state index contributed by atoms with van der Waals surface area (Å²) < 4.78 is 5.45. The average Bonchev–Trinajstić information content (AvgIpc) is 2.12. The molecular weight excluding hydrogens is 216 g/mol. The van der Waals surface area contributed by atoms with Crippen LogP contribution in [0, 0.1) is 11.3 Å². The number of piperidine rings is 2. The molecule has 0 aromatic heterocycles. The number of hydrogen-bond acceptors (Lipinski definition) is 3. The van der Waals surface area contributed by atoms with Crippen LogP contribution in [0.2, 0.25) is 0 Å². The van der Waals surface area contributed by atoms with E-state index in [4.69, 9.17) is 4.74 Å². The van der Waals surface area contributed by atoms with Crippen molar-refractivity contribution in [3.8, 4) is 0 Å². The number of carbonyl (C=O) groups excluding carboxylic acids is 1. The number of rotatable bonds is 0. The number of amides is 1. The van der Waals surface area contributed by atoms with E-state index in [0.29, 0.717) is 5.92 Å². The Kier molecular flexibility index (Phi) is 3.10. The summed E-state index contributed by atoms with van der Waals surface area (Å²) in [7, 11) is 0. The Morgan fingerprint density at radius 3 is 2.76 bits per heavy atom. The molecule has 0 aromatic carbocycles. The Balaban J connectivity index is 2.00. The minimum atomic E-state index is -0.400. The van der Waals surface area contributed by atoms with Crippen LogP contribution in [0.1, 0.15) is 34.1 Å². The molecule has 0 radical (unpaired) electrons. The monoisotopic (exact) mass is 240 g/mol. The van der Waals surface area contributed by atoms with Gasteiger partial charge in [0.2, 0.25) is 0 Å². The maximum absolute atomic E-state index is 12.1. The van der Waals surface area contributed by atoms with Crippen LogP contribution in [-0.2, 0) is 4.74 Å². The molecule has 2 atom stereocenters. The number of nitrogens with one attached hydrogen (secondary N) is 1. The third-order valence-corrected chi connectivity index (χ3v) is 3.47. The van der Waals surface area contributed by atoms with Crippen molar-refractivity contribution in [3.05, 3.63) is 0 Å². The van der Waals surface area contributed by atoms with E-state index in [1.807, 2.05) is 25.7 Å². The number of likely N-dealkylation sites (tertiary alicyclic amines) is 1. The van der Waals surface area contributed by atoms with Gasteiger partial charge in [-0.25, -0.2) is 4.79 Å². The fraction of sp³-hybridized carbons (Fsp3) is 0.923. The summed E-state index contributed by atoms with van der Waals surface area (Å²) in [5.74, 6) is 0.579. The van der Waals surface area contributed by atoms with Crippen LogP contribution in [-0.4, -0.2) is 42.8 Å². The molecule has 17 heavy (non-hydrogen) atoms. The Labute approximate surface area is 104 Å². The highest BCUT2D eigenvalue weighted by molar-refractivity contribution is 5.68. The fourth-order valence-corrected chi connectivity index (χ4v) is 2.97. The van der Waals surface area contributed by atoms with Crippen molar-refractivity contribution in [1.29, 1.82) is 0 Å². The van der Waals surface area contributed by atoms with E-state index in [9.17, 15) is 4.79 Å². The lowest BCUT2D eigenvalue weighted by Crippen LogP contribution is -2.58. The molecule has 98 valence electrons. The van der Waals surface area contributed by atoms with Gasteiger partial charge in [0.1, 0.15) is 5.60 Å². The molecule has 0 spiro atoms. The molecule has 2 aliphatic rings. The zero-order chi connectivity index (χ0) is 12.7. The molecule has 1 amide bonds. The van der Waals surface area contributed by atoms with Crippen LogP contribution in [0.5, 0.6) is 0 Å². The Bertz CT molecular complexity index is 311. The van der Waals surface area contributed by atoms with Crippen molar-refractivity contribution in [3.63, 3.8) is 0 Å². The van der Waals surface area contributed by atoms with E-state index < -0.39 is 5.60 Å². The first-order valence-electron chi connectivity index (χ1n) is 6.46. The summed E-state index contributed by atoms with van der Waals surface area (Å²) in [6, 6.07) is 0. The number of ether oxygens (including phenoxy) is 1. The van der Waals surface area contributed by atoms with Crippen molar-refractivity contribution in [1.82, 2.24) is 10.2 Å². The molecular formula is C13H24N2O2. The summed E-state index contributed by atoms with van der Waals surface area (Å²) in [4.78, 5) is 14.0. The predicted molar refractivity (Wildman–Crippen MR) is 66.9 cm³/mol. The first kappa shape index (κ1) is 12.7. The number of carbonyl (C=O) groups is 1. The van der Waals surface area contributed by atoms with E-state index in [0.717, 1.165) is 26.2 Å². The minimum Gasteiger partial charge on any atom is -0.444 e. The van der Waals surface area contributed by atoms with Gasteiger partial charge < -0.3 is 15.0 Å². The summed E-state index contributed by atoms with van der Waals surface area (Å²) in [5.41, 5.74) is -0.180. The van der Waals surface area contributed by atoms with Gasteiger partial charge >= 0.3 is 6.09 Å². The number of fused-ring (bicyclic) bond motifs is 2. The lowest BCUT2D eigenvalue weighted by molar-refractivity contribution is -0.0122. The van der Waals surface area contributed by atoms with Crippen molar-refractivity contribution in [2.24, 2.45) is 11.3 Å². The van der Waals surface area contributed by atoms with Crippen molar-refractivity contribution in [2.45, 2.75) is 39.7 Å². The Morgan fingerprint density at radius 1 is 1.47 bits per heavy atom. The average molecular weight is 240 g/mol. The minimum absolute atomic E-state index is 0.157. The predicted octanol–water partition coefficient (Wildman–Crippen LogP) is 1.85. The molecule has 2 bridgehead atoms. The Hall–Kier alpha value is -0.770. The van der Waals surface area contributed by atoms with E-state index in [2.05, 4.69) is 12.2 Å². The lowest BCUT2D eigenvalue weighted by atomic mass is 9.74. The third-order valence-electron chi connectivity index (χ3n) is 3.47. The molecule has 0 aromatic rings. The molecule has 0 aliphatic carbocycles. The third kappa shape index (κ3) is 3.12. The molecule has 4 heteroatoms. The maximum Gasteiger partial charge on any atom is 0.410 e. The molecule has 2 heterocycles. The second-order valence-electron chi connectivity index (χ2n) is 6.87. The van der Waals surface area contributed by atoms with Gasteiger partial charge in [-0.1, -0.05) is 6.92 Å².